The second-order valence-corrected chi connectivity index (χ2v) is 5.18. The highest BCUT2D eigenvalue weighted by Crippen LogP contribution is 2.31. The van der Waals surface area contributed by atoms with Gasteiger partial charge in [0, 0.05) is 18.8 Å². The molecule has 108 valence electrons. The van der Waals surface area contributed by atoms with E-state index in [1.54, 1.807) is 28.7 Å². The minimum Gasteiger partial charge on any atom is -0.382 e. The third-order valence-corrected chi connectivity index (χ3v) is 3.87. The summed E-state index contributed by atoms with van der Waals surface area (Å²) in [7, 11) is 1.75. The predicted molar refractivity (Wildman–Crippen MR) is 80.6 cm³/mol. The second-order valence-electron chi connectivity index (χ2n) is 4.82. The molecule has 0 aliphatic carbocycles. The zero-order valence-electron chi connectivity index (χ0n) is 11.7. The maximum atomic E-state index is 10.7. The number of hydrogen-bond acceptors (Lipinski definition) is 3. The third kappa shape index (κ3) is 2.34. The van der Waals surface area contributed by atoms with Crippen LogP contribution in [-0.4, -0.2) is 24.7 Å². The Labute approximate surface area is 127 Å². The summed E-state index contributed by atoms with van der Waals surface area (Å²) in [6.07, 6.45) is 0.777. The van der Waals surface area contributed by atoms with E-state index < -0.39 is 6.10 Å². The second kappa shape index (κ2) is 5.35. The Balaban J connectivity index is 2.08. The van der Waals surface area contributed by atoms with Gasteiger partial charge in [-0.15, -0.1) is 0 Å². The van der Waals surface area contributed by atoms with Crippen molar-refractivity contribution in [1.82, 2.24) is 19.6 Å². The van der Waals surface area contributed by atoms with Crippen molar-refractivity contribution in [2.75, 3.05) is 0 Å². The van der Waals surface area contributed by atoms with E-state index in [4.69, 9.17) is 11.6 Å². The Kier molecular flexibility index (Phi) is 3.53. The molecule has 2 heterocycles. The fraction of sp³-hybridized carbons (Fsp3) is 0.200. The molecule has 21 heavy (non-hydrogen) atoms. The standard InChI is InChI=1S/C15H15ClN4O/c1-10-13(15(16)19(2)18-10)14(21)12-8-9-17-20(12)11-6-4-3-5-7-11/h3-9,14,21H,1-2H3. The van der Waals surface area contributed by atoms with Crippen LogP contribution in [0.3, 0.4) is 0 Å². The van der Waals surface area contributed by atoms with E-state index in [2.05, 4.69) is 10.2 Å². The first kappa shape index (κ1) is 13.9. The minimum atomic E-state index is -0.881. The lowest BCUT2D eigenvalue weighted by Crippen LogP contribution is -2.09. The van der Waals surface area contributed by atoms with Crippen molar-refractivity contribution >= 4 is 11.6 Å². The van der Waals surface area contributed by atoms with Gasteiger partial charge in [0.25, 0.3) is 0 Å². The number of aromatic nitrogens is 4. The Morgan fingerprint density at radius 2 is 1.90 bits per heavy atom. The summed E-state index contributed by atoms with van der Waals surface area (Å²) in [5, 5.41) is 19.7. The molecule has 1 atom stereocenters. The molecular formula is C15H15ClN4O. The summed E-state index contributed by atoms with van der Waals surface area (Å²) < 4.78 is 3.26. The molecule has 3 rings (SSSR count). The van der Waals surface area contributed by atoms with Gasteiger partial charge < -0.3 is 5.11 Å². The van der Waals surface area contributed by atoms with Crippen LogP contribution in [0.15, 0.2) is 42.6 Å². The molecule has 0 bridgehead atoms. The summed E-state index contributed by atoms with van der Waals surface area (Å²) in [4.78, 5) is 0. The molecule has 1 unspecified atom stereocenters. The molecule has 0 saturated heterocycles. The van der Waals surface area contributed by atoms with Crippen molar-refractivity contribution in [3.8, 4) is 5.69 Å². The van der Waals surface area contributed by atoms with Crippen molar-refractivity contribution in [2.45, 2.75) is 13.0 Å². The van der Waals surface area contributed by atoms with Gasteiger partial charge in [0.05, 0.1) is 17.1 Å². The van der Waals surface area contributed by atoms with Gasteiger partial charge in [-0.3, -0.25) is 4.68 Å². The van der Waals surface area contributed by atoms with Gasteiger partial charge in [0.1, 0.15) is 11.3 Å². The molecular weight excluding hydrogens is 288 g/mol. The van der Waals surface area contributed by atoms with Crippen LogP contribution in [0.1, 0.15) is 23.1 Å². The van der Waals surface area contributed by atoms with Crippen molar-refractivity contribution in [2.24, 2.45) is 7.05 Å². The average Bonchev–Trinajstić information content (AvgIpc) is 3.05. The van der Waals surface area contributed by atoms with Gasteiger partial charge in [-0.05, 0) is 25.1 Å². The topological polar surface area (TPSA) is 55.9 Å². The summed E-state index contributed by atoms with van der Waals surface area (Å²) >= 11 is 6.23. The van der Waals surface area contributed by atoms with Crippen LogP contribution in [0.4, 0.5) is 0 Å². The maximum Gasteiger partial charge on any atom is 0.133 e. The smallest absolute Gasteiger partial charge is 0.133 e. The predicted octanol–water partition coefficient (Wildman–Crippen LogP) is 2.65. The molecule has 0 aliphatic rings. The third-order valence-electron chi connectivity index (χ3n) is 3.42. The van der Waals surface area contributed by atoms with Gasteiger partial charge in [0.2, 0.25) is 0 Å². The van der Waals surface area contributed by atoms with Gasteiger partial charge in [-0.25, -0.2) is 4.68 Å². The maximum absolute atomic E-state index is 10.7. The lowest BCUT2D eigenvalue weighted by molar-refractivity contribution is 0.211. The first-order valence-electron chi connectivity index (χ1n) is 6.56. The summed E-state index contributed by atoms with van der Waals surface area (Å²) in [5.41, 5.74) is 2.85. The average molecular weight is 303 g/mol. The Morgan fingerprint density at radius 1 is 1.19 bits per heavy atom. The van der Waals surface area contributed by atoms with E-state index in [9.17, 15) is 5.11 Å². The van der Waals surface area contributed by atoms with Crippen molar-refractivity contribution < 1.29 is 5.11 Å². The Hall–Kier alpha value is -2.11. The largest absolute Gasteiger partial charge is 0.382 e. The van der Waals surface area contributed by atoms with Crippen LogP contribution in [0.2, 0.25) is 5.15 Å². The molecule has 6 heteroatoms. The quantitative estimate of drug-likeness (QED) is 0.809. The first-order chi connectivity index (χ1) is 10.1. The molecule has 0 radical (unpaired) electrons. The molecule has 0 amide bonds. The number of rotatable bonds is 3. The minimum absolute atomic E-state index is 0.431. The van der Waals surface area contributed by atoms with E-state index in [1.807, 2.05) is 37.3 Å². The zero-order chi connectivity index (χ0) is 15.0. The lowest BCUT2D eigenvalue weighted by Gasteiger charge is -2.13. The molecule has 1 aromatic carbocycles. The van der Waals surface area contributed by atoms with Gasteiger partial charge in [-0.1, -0.05) is 29.8 Å². The molecule has 1 N–H and O–H groups in total. The molecule has 2 aromatic heterocycles. The Morgan fingerprint density at radius 3 is 2.52 bits per heavy atom. The Bertz CT molecular complexity index is 763. The number of aliphatic hydroxyl groups is 1. The summed E-state index contributed by atoms with van der Waals surface area (Å²) in [5.74, 6) is 0. The van der Waals surface area contributed by atoms with Crippen molar-refractivity contribution in [1.29, 1.82) is 0 Å². The number of hydrogen-bond donors (Lipinski definition) is 1. The number of halogens is 1. The highest BCUT2D eigenvalue weighted by Gasteiger charge is 2.24. The number of nitrogens with zero attached hydrogens (tertiary/aromatic N) is 4. The van der Waals surface area contributed by atoms with Crippen LogP contribution in [-0.2, 0) is 7.05 Å². The van der Waals surface area contributed by atoms with Gasteiger partial charge in [-0.2, -0.15) is 10.2 Å². The van der Waals surface area contributed by atoms with Gasteiger partial charge >= 0.3 is 0 Å². The van der Waals surface area contributed by atoms with E-state index in [0.717, 1.165) is 5.69 Å². The van der Waals surface area contributed by atoms with Crippen LogP contribution in [0.25, 0.3) is 5.69 Å². The van der Waals surface area contributed by atoms with E-state index in [1.165, 1.54) is 0 Å². The number of aryl methyl sites for hydroxylation is 2. The molecule has 3 aromatic rings. The van der Waals surface area contributed by atoms with E-state index >= 15 is 0 Å². The van der Waals surface area contributed by atoms with Crippen LogP contribution < -0.4 is 0 Å². The lowest BCUT2D eigenvalue weighted by atomic mass is 10.1. The van der Waals surface area contributed by atoms with E-state index in [0.29, 0.717) is 22.1 Å². The van der Waals surface area contributed by atoms with Crippen LogP contribution in [0, 0.1) is 6.92 Å². The van der Waals surface area contributed by atoms with Crippen molar-refractivity contribution in [3.63, 3.8) is 0 Å². The fourth-order valence-corrected chi connectivity index (χ4v) is 2.69. The SMILES string of the molecule is Cc1nn(C)c(Cl)c1C(O)c1ccnn1-c1ccccc1. The number of benzene rings is 1. The monoisotopic (exact) mass is 302 g/mol. The molecule has 0 saturated carbocycles. The zero-order valence-corrected chi connectivity index (χ0v) is 12.5. The highest BCUT2D eigenvalue weighted by molar-refractivity contribution is 6.30. The molecule has 0 aliphatic heterocycles. The normalized spacial score (nSPS) is 12.6. The first-order valence-corrected chi connectivity index (χ1v) is 6.94. The highest BCUT2D eigenvalue weighted by atomic mass is 35.5. The van der Waals surface area contributed by atoms with Crippen LogP contribution in [0.5, 0.6) is 0 Å². The molecule has 5 nitrogen and oxygen atoms in total. The summed E-state index contributed by atoms with van der Waals surface area (Å²) in [6, 6.07) is 11.4. The number of aliphatic hydroxyl groups excluding tert-OH is 1. The van der Waals surface area contributed by atoms with Crippen molar-refractivity contribution in [3.05, 3.63) is 64.7 Å². The molecule has 0 spiro atoms. The summed E-state index contributed by atoms with van der Waals surface area (Å²) in [6.45, 7) is 1.83. The molecule has 0 fully saturated rings. The van der Waals surface area contributed by atoms with Gasteiger partial charge in [0.15, 0.2) is 0 Å². The fourth-order valence-electron chi connectivity index (χ4n) is 2.41. The van der Waals surface area contributed by atoms with E-state index in [-0.39, 0.29) is 0 Å². The number of para-hydroxylation sites is 1. The van der Waals surface area contributed by atoms with Crippen LogP contribution >= 0.6 is 11.6 Å².